The van der Waals surface area contributed by atoms with Crippen LogP contribution in [0.25, 0.3) is 22.0 Å². The van der Waals surface area contributed by atoms with Crippen molar-refractivity contribution < 1.29 is 0 Å². The molecule has 0 bridgehead atoms. The van der Waals surface area contributed by atoms with Crippen LogP contribution >= 0.6 is 11.6 Å². The summed E-state index contributed by atoms with van der Waals surface area (Å²) in [4.78, 5) is 3.26. The number of aromatic nitrogens is 1. The van der Waals surface area contributed by atoms with Crippen LogP contribution < -0.4 is 0 Å². The Bertz CT molecular complexity index is 640. The normalized spacial score (nSPS) is 10.8. The molecule has 78 valence electrons. The van der Waals surface area contributed by atoms with Gasteiger partial charge in [0.15, 0.2) is 0 Å². The summed E-state index contributed by atoms with van der Waals surface area (Å²) in [5.74, 6) is 0. The first-order valence-electron chi connectivity index (χ1n) is 5.17. The lowest BCUT2D eigenvalue weighted by Gasteiger charge is -2.01. The number of H-pyrrole nitrogens is 1. The molecule has 2 aromatic carbocycles. The number of hydrogen-bond donors (Lipinski definition) is 1. The van der Waals surface area contributed by atoms with Crippen molar-refractivity contribution in [1.29, 1.82) is 0 Å². The third-order valence-corrected chi connectivity index (χ3v) is 3.08. The van der Waals surface area contributed by atoms with E-state index in [2.05, 4.69) is 17.1 Å². The van der Waals surface area contributed by atoms with Crippen LogP contribution in [0.2, 0.25) is 5.02 Å². The number of benzene rings is 2. The van der Waals surface area contributed by atoms with Crippen molar-refractivity contribution in [3.63, 3.8) is 0 Å². The second kappa shape index (κ2) is 3.69. The van der Waals surface area contributed by atoms with Gasteiger partial charge >= 0.3 is 0 Å². The maximum Gasteiger partial charge on any atom is 0.0485 e. The van der Waals surface area contributed by atoms with Crippen LogP contribution in [0.15, 0.2) is 54.7 Å². The van der Waals surface area contributed by atoms with Gasteiger partial charge in [-0.2, -0.15) is 0 Å². The van der Waals surface area contributed by atoms with Crippen LogP contribution in [0.5, 0.6) is 0 Å². The molecule has 3 rings (SSSR count). The summed E-state index contributed by atoms with van der Waals surface area (Å²) < 4.78 is 0. The third-order valence-electron chi connectivity index (χ3n) is 2.75. The number of hydrogen-bond acceptors (Lipinski definition) is 0. The molecule has 0 aliphatic heterocycles. The van der Waals surface area contributed by atoms with Gasteiger partial charge in [-0.05, 0) is 12.1 Å². The van der Waals surface area contributed by atoms with Crippen molar-refractivity contribution in [1.82, 2.24) is 4.98 Å². The SMILES string of the molecule is Clc1ccccc1-c1c[nH]c2ccccc12. The molecule has 0 saturated heterocycles. The quantitative estimate of drug-likeness (QED) is 0.631. The van der Waals surface area contributed by atoms with Crippen LogP contribution in [0, 0.1) is 0 Å². The number of aromatic amines is 1. The third kappa shape index (κ3) is 1.41. The highest BCUT2D eigenvalue weighted by molar-refractivity contribution is 6.33. The van der Waals surface area contributed by atoms with Crippen LogP contribution in [0.3, 0.4) is 0 Å². The van der Waals surface area contributed by atoms with Crippen molar-refractivity contribution in [3.05, 3.63) is 59.8 Å². The predicted molar refractivity (Wildman–Crippen MR) is 68.7 cm³/mol. The zero-order valence-electron chi connectivity index (χ0n) is 8.57. The molecule has 0 amide bonds. The molecular formula is C14H10ClN. The molecule has 0 fully saturated rings. The lowest BCUT2D eigenvalue weighted by Crippen LogP contribution is -1.76. The van der Waals surface area contributed by atoms with Gasteiger partial charge in [-0.3, -0.25) is 0 Å². The summed E-state index contributed by atoms with van der Waals surface area (Å²) in [6.45, 7) is 0. The van der Waals surface area contributed by atoms with Crippen LogP contribution in [0.1, 0.15) is 0 Å². The number of halogens is 1. The standard InChI is InChI=1S/C14H10ClN/c15-13-7-3-1-5-10(13)12-9-16-14-8-4-2-6-11(12)14/h1-9,16H. The fourth-order valence-electron chi connectivity index (χ4n) is 1.97. The Hall–Kier alpha value is -1.73. The van der Waals surface area contributed by atoms with E-state index in [0.717, 1.165) is 21.7 Å². The average molecular weight is 228 g/mol. The first-order valence-corrected chi connectivity index (χ1v) is 5.55. The first-order chi connectivity index (χ1) is 7.86. The van der Waals surface area contributed by atoms with Gasteiger partial charge in [0.25, 0.3) is 0 Å². The summed E-state index contributed by atoms with van der Waals surface area (Å²) in [5.41, 5.74) is 3.36. The highest BCUT2D eigenvalue weighted by atomic mass is 35.5. The van der Waals surface area contributed by atoms with E-state index in [1.54, 1.807) is 0 Å². The molecule has 0 spiro atoms. The molecule has 1 heterocycles. The Morgan fingerprint density at radius 1 is 0.812 bits per heavy atom. The second-order valence-corrected chi connectivity index (χ2v) is 4.13. The van der Waals surface area contributed by atoms with Crippen LogP contribution in [-0.4, -0.2) is 4.98 Å². The fraction of sp³-hybridized carbons (Fsp3) is 0. The molecule has 1 nitrogen and oxygen atoms in total. The van der Waals surface area contributed by atoms with Gasteiger partial charge in [0, 0.05) is 33.2 Å². The molecule has 0 unspecified atom stereocenters. The van der Waals surface area contributed by atoms with Crippen molar-refractivity contribution >= 4 is 22.5 Å². The molecule has 3 aromatic rings. The summed E-state index contributed by atoms with van der Waals surface area (Å²) in [7, 11) is 0. The van der Waals surface area contributed by atoms with Crippen LogP contribution in [0.4, 0.5) is 0 Å². The minimum atomic E-state index is 0.784. The number of fused-ring (bicyclic) bond motifs is 1. The molecule has 2 heteroatoms. The average Bonchev–Trinajstić information content (AvgIpc) is 2.74. The van der Waals surface area contributed by atoms with Crippen molar-refractivity contribution in [2.75, 3.05) is 0 Å². The van der Waals surface area contributed by atoms with Gasteiger partial charge in [-0.25, -0.2) is 0 Å². The largest absolute Gasteiger partial charge is 0.361 e. The maximum absolute atomic E-state index is 6.20. The number of para-hydroxylation sites is 1. The molecule has 0 atom stereocenters. The van der Waals surface area contributed by atoms with Crippen molar-refractivity contribution in [2.45, 2.75) is 0 Å². The number of rotatable bonds is 1. The lowest BCUT2D eigenvalue weighted by atomic mass is 10.1. The Morgan fingerprint density at radius 2 is 1.56 bits per heavy atom. The molecule has 0 aliphatic carbocycles. The molecule has 1 N–H and O–H groups in total. The zero-order chi connectivity index (χ0) is 11.0. The highest BCUT2D eigenvalue weighted by Gasteiger charge is 2.07. The van der Waals surface area contributed by atoms with Gasteiger partial charge in [0.05, 0.1) is 0 Å². The molecule has 0 saturated carbocycles. The van der Waals surface area contributed by atoms with E-state index in [1.807, 2.05) is 42.6 Å². The Balaban J connectivity index is 2.31. The van der Waals surface area contributed by atoms with Gasteiger partial charge in [-0.15, -0.1) is 0 Å². The van der Waals surface area contributed by atoms with Gasteiger partial charge in [-0.1, -0.05) is 48.0 Å². The van der Waals surface area contributed by atoms with E-state index in [1.165, 1.54) is 5.39 Å². The summed E-state index contributed by atoms with van der Waals surface area (Å²) in [6, 6.07) is 16.1. The summed E-state index contributed by atoms with van der Waals surface area (Å²) in [5, 5.41) is 1.99. The topological polar surface area (TPSA) is 15.8 Å². The van der Waals surface area contributed by atoms with E-state index < -0.39 is 0 Å². The summed E-state index contributed by atoms with van der Waals surface area (Å²) >= 11 is 6.20. The molecule has 0 radical (unpaired) electrons. The molecule has 0 aliphatic rings. The van der Waals surface area contributed by atoms with E-state index >= 15 is 0 Å². The highest BCUT2D eigenvalue weighted by Crippen LogP contribution is 2.32. The minimum Gasteiger partial charge on any atom is -0.361 e. The molecule has 1 aromatic heterocycles. The molecular weight excluding hydrogens is 218 g/mol. The Morgan fingerprint density at radius 3 is 2.44 bits per heavy atom. The van der Waals surface area contributed by atoms with Crippen molar-refractivity contribution in [3.8, 4) is 11.1 Å². The van der Waals surface area contributed by atoms with Crippen molar-refractivity contribution in [2.24, 2.45) is 0 Å². The van der Waals surface area contributed by atoms with E-state index in [4.69, 9.17) is 11.6 Å². The first kappa shape index (κ1) is 9.49. The van der Waals surface area contributed by atoms with Gasteiger partial charge in [0.1, 0.15) is 0 Å². The second-order valence-electron chi connectivity index (χ2n) is 3.73. The minimum absolute atomic E-state index is 0.784. The van der Waals surface area contributed by atoms with Crippen LogP contribution in [-0.2, 0) is 0 Å². The van der Waals surface area contributed by atoms with Gasteiger partial charge < -0.3 is 4.98 Å². The fourth-order valence-corrected chi connectivity index (χ4v) is 2.21. The Kier molecular flexibility index (Phi) is 2.19. The monoisotopic (exact) mass is 227 g/mol. The van der Waals surface area contributed by atoms with E-state index in [-0.39, 0.29) is 0 Å². The summed E-state index contributed by atoms with van der Waals surface area (Å²) in [6.07, 6.45) is 2.01. The maximum atomic E-state index is 6.20. The lowest BCUT2D eigenvalue weighted by molar-refractivity contribution is 1.47. The smallest absolute Gasteiger partial charge is 0.0485 e. The van der Waals surface area contributed by atoms with E-state index in [9.17, 15) is 0 Å². The Labute approximate surface area is 98.7 Å². The van der Waals surface area contributed by atoms with E-state index in [0.29, 0.717) is 0 Å². The zero-order valence-corrected chi connectivity index (χ0v) is 9.33. The van der Waals surface area contributed by atoms with Gasteiger partial charge in [0.2, 0.25) is 0 Å². The predicted octanol–water partition coefficient (Wildman–Crippen LogP) is 4.49. The number of nitrogens with one attached hydrogen (secondary N) is 1. The molecule has 16 heavy (non-hydrogen) atoms.